The maximum absolute atomic E-state index is 13.4. The highest BCUT2D eigenvalue weighted by molar-refractivity contribution is 6.03. The van der Waals surface area contributed by atoms with Gasteiger partial charge >= 0.3 is 0 Å². The lowest BCUT2D eigenvalue weighted by molar-refractivity contribution is -0.134. The fourth-order valence-corrected chi connectivity index (χ4v) is 4.41. The molecule has 2 heterocycles. The van der Waals surface area contributed by atoms with Gasteiger partial charge in [-0.15, -0.1) is 0 Å². The van der Waals surface area contributed by atoms with Crippen molar-refractivity contribution in [2.24, 2.45) is 11.0 Å². The number of hydrogen-bond acceptors (Lipinski definition) is 4. The van der Waals surface area contributed by atoms with Gasteiger partial charge in [-0.2, -0.15) is 5.10 Å². The van der Waals surface area contributed by atoms with Crippen LogP contribution in [-0.4, -0.2) is 48.3 Å². The second-order valence-electron chi connectivity index (χ2n) is 8.58. The zero-order valence-electron chi connectivity index (χ0n) is 18.2. The molecule has 158 valence electrons. The summed E-state index contributed by atoms with van der Waals surface area (Å²) in [5.41, 5.74) is 4.23. The van der Waals surface area contributed by atoms with Crippen LogP contribution in [-0.2, 0) is 4.79 Å². The first-order valence-corrected chi connectivity index (χ1v) is 10.9. The van der Waals surface area contributed by atoms with Crippen molar-refractivity contribution >= 4 is 11.6 Å². The number of aryl methyl sites for hydroxylation is 1. The minimum atomic E-state index is -0.145. The molecular weight excluding hydrogens is 374 g/mol. The molecule has 2 aliphatic rings. The van der Waals surface area contributed by atoms with Gasteiger partial charge in [0.15, 0.2) is 0 Å². The van der Waals surface area contributed by atoms with Crippen LogP contribution in [0.1, 0.15) is 48.9 Å². The van der Waals surface area contributed by atoms with E-state index in [0.29, 0.717) is 13.0 Å². The Balaban J connectivity index is 1.62. The number of benzene rings is 2. The zero-order chi connectivity index (χ0) is 21.1. The molecule has 0 aliphatic carbocycles. The van der Waals surface area contributed by atoms with E-state index in [4.69, 9.17) is 9.84 Å². The van der Waals surface area contributed by atoms with Crippen molar-refractivity contribution in [3.63, 3.8) is 0 Å². The van der Waals surface area contributed by atoms with Crippen molar-refractivity contribution in [1.29, 1.82) is 0 Å². The Labute approximate surface area is 179 Å². The molecule has 0 N–H and O–H groups in total. The smallest absolute Gasteiger partial charge is 0.257 e. The number of hydrazone groups is 1. The van der Waals surface area contributed by atoms with Crippen LogP contribution in [0.3, 0.4) is 0 Å². The molecule has 30 heavy (non-hydrogen) atoms. The molecule has 1 atom stereocenters. The van der Waals surface area contributed by atoms with Gasteiger partial charge in [0.1, 0.15) is 5.75 Å². The number of carbonyl (C=O) groups is 1. The van der Waals surface area contributed by atoms with Gasteiger partial charge in [0.05, 0.1) is 25.4 Å². The number of amides is 1. The van der Waals surface area contributed by atoms with Crippen LogP contribution in [0.5, 0.6) is 5.75 Å². The first-order chi connectivity index (χ1) is 14.5. The standard InChI is InChI=1S/C25H31N3O2/c1-18-11-13-27(14-12-18)17-25(29)28-23(21-9-4-5-10-24(21)30-3)16-22(26-28)20-8-6-7-19(2)15-20/h4-10,15,18,23H,11-14,16-17H2,1-3H3/t23-/m1/s1. The molecule has 5 nitrogen and oxygen atoms in total. The minimum Gasteiger partial charge on any atom is -0.496 e. The predicted molar refractivity (Wildman–Crippen MR) is 120 cm³/mol. The fraction of sp³-hybridized carbons (Fsp3) is 0.440. The van der Waals surface area contributed by atoms with E-state index in [1.165, 1.54) is 5.56 Å². The number of nitrogens with zero attached hydrogens (tertiary/aromatic N) is 3. The van der Waals surface area contributed by atoms with Crippen LogP contribution < -0.4 is 4.74 Å². The summed E-state index contributed by atoms with van der Waals surface area (Å²) in [5, 5.41) is 6.53. The number of likely N-dealkylation sites (tertiary alicyclic amines) is 1. The first-order valence-electron chi connectivity index (χ1n) is 10.9. The van der Waals surface area contributed by atoms with Gasteiger partial charge in [-0.1, -0.05) is 55.0 Å². The van der Waals surface area contributed by atoms with Crippen LogP contribution in [0.4, 0.5) is 0 Å². The molecule has 0 aromatic heterocycles. The number of ether oxygens (including phenoxy) is 1. The van der Waals surface area contributed by atoms with E-state index in [0.717, 1.165) is 54.4 Å². The normalized spacial score (nSPS) is 20.3. The van der Waals surface area contributed by atoms with Gasteiger partial charge in [-0.25, -0.2) is 5.01 Å². The molecule has 0 bridgehead atoms. The summed E-state index contributed by atoms with van der Waals surface area (Å²) in [5.74, 6) is 1.60. The Kier molecular flexibility index (Phi) is 6.18. The molecule has 4 rings (SSSR count). The van der Waals surface area contributed by atoms with Crippen molar-refractivity contribution in [3.05, 3.63) is 65.2 Å². The number of hydrogen-bond donors (Lipinski definition) is 0. The van der Waals surface area contributed by atoms with E-state index >= 15 is 0 Å². The van der Waals surface area contributed by atoms with Gasteiger partial charge in [0, 0.05) is 12.0 Å². The second kappa shape index (κ2) is 9.00. The molecule has 0 unspecified atom stereocenters. The number of piperidine rings is 1. The molecule has 1 amide bonds. The number of rotatable bonds is 5. The van der Waals surface area contributed by atoms with Gasteiger partial charge in [-0.3, -0.25) is 9.69 Å². The Morgan fingerprint density at radius 1 is 1.13 bits per heavy atom. The highest BCUT2D eigenvalue weighted by Gasteiger charge is 2.35. The summed E-state index contributed by atoms with van der Waals surface area (Å²) in [6.45, 7) is 6.75. The summed E-state index contributed by atoms with van der Waals surface area (Å²) in [7, 11) is 1.68. The van der Waals surface area contributed by atoms with Crippen molar-refractivity contribution in [2.75, 3.05) is 26.7 Å². The van der Waals surface area contributed by atoms with Crippen molar-refractivity contribution in [2.45, 2.75) is 39.2 Å². The van der Waals surface area contributed by atoms with Crippen molar-refractivity contribution in [3.8, 4) is 5.75 Å². The first kappa shape index (κ1) is 20.6. The Hall–Kier alpha value is -2.66. The molecule has 0 radical (unpaired) electrons. The van der Waals surface area contributed by atoms with Gasteiger partial charge < -0.3 is 4.74 Å². The average molecular weight is 406 g/mol. The Morgan fingerprint density at radius 3 is 2.63 bits per heavy atom. The number of para-hydroxylation sites is 1. The quantitative estimate of drug-likeness (QED) is 0.740. The summed E-state index contributed by atoms with van der Waals surface area (Å²) >= 11 is 0. The van der Waals surface area contributed by atoms with Crippen LogP contribution in [0.25, 0.3) is 0 Å². The van der Waals surface area contributed by atoms with E-state index in [9.17, 15) is 4.79 Å². The highest BCUT2D eigenvalue weighted by atomic mass is 16.5. The lowest BCUT2D eigenvalue weighted by Crippen LogP contribution is -2.41. The largest absolute Gasteiger partial charge is 0.496 e. The number of carbonyl (C=O) groups excluding carboxylic acids is 1. The summed E-state index contributed by atoms with van der Waals surface area (Å²) in [4.78, 5) is 15.6. The highest BCUT2D eigenvalue weighted by Crippen LogP contribution is 2.37. The fourth-order valence-electron chi connectivity index (χ4n) is 4.41. The third-order valence-electron chi connectivity index (χ3n) is 6.25. The van der Waals surface area contributed by atoms with E-state index in [1.54, 1.807) is 12.1 Å². The van der Waals surface area contributed by atoms with Crippen LogP contribution in [0.15, 0.2) is 53.6 Å². The summed E-state index contributed by atoms with van der Waals surface area (Å²) in [6, 6.07) is 16.1. The minimum absolute atomic E-state index is 0.0584. The molecule has 5 heteroatoms. The maximum atomic E-state index is 13.4. The average Bonchev–Trinajstić information content (AvgIpc) is 3.21. The molecule has 2 aromatic carbocycles. The molecule has 2 aliphatic heterocycles. The van der Waals surface area contributed by atoms with E-state index in [1.807, 2.05) is 30.3 Å². The Bertz CT molecular complexity index is 931. The second-order valence-corrected chi connectivity index (χ2v) is 8.58. The lowest BCUT2D eigenvalue weighted by atomic mass is 9.97. The van der Waals surface area contributed by atoms with Crippen molar-refractivity contribution in [1.82, 2.24) is 9.91 Å². The molecule has 0 saturated carbocycles. The van der Waals surface area contributed by atoms with Crippen LogP contribution in [0, 0.1) is 12.8 Å². The van der Waals surface area contributed by atoms with E-state index in [-0.39, 0.29) is 11.9 Å². The maximum Gasteiger partial charge on any atom is 0.257 e. The molecule has 2 aromatic rings. The molecule has 1 saturated heterocycles. The van der Waals surface area contributed by atoms with Gasteiger partial charge in [-0.05, 0) is 50.4 Å². The van der Waals surface area contributed by atoms with E-state index in [2.05, 4.69) is 36.9 Å². The predicted octanol–water partition coefficient (Wildman–Crippen LogP) is 4.41. The zero-order valence-corrected chi connectivity index (χ0v) is 18.2. The SMILES string of the molecule is COc1ccccc1[C@H]1CC(c2cccc(C)c2)=NN1C(=O)CN1CCC(C)CC1. The summed E-state index contributed by atoms with van der Waals surface area (Å²) in [6.07, 6.45) is 2.99. The van der Waals surface area contributed by atoms with Crippen LogP contribution >= 0.6 is 0 Å². The van der Waals surface area contributed by atoms with E-state index < -0.39 is 0 Å². The van der Waals surface area contributed by atoms with Crippen LogP contribution in [0.2, 0.25) is 0 Å². The topological polar surface area (TPSA) is 45.1 Å². The lowest BCUT2D eigenvalue weighted by Gasteiger charge is -2.31. The Morgan fingerprint density at radius 2 is 1.90 bits per heavy atom. The third kappa shape index (κ3) is 4.41. The van der Waals surface area contributed by atoms with Gasteiger partial charge in [0.25, 0.3) is 5.91 Å². The molecule has 1 fully saturated rings. The van der Waals surface area contributed by atoms with Gasteiger partial charge in [0.2, 0.25) is 0 Å². The monoisotopic (exact) mass is 405 g/mol. The molecular formula is C25H31N3O2. The third-order valence-corrected chi connectivity index (χ3v) is 6.25. The summed E-state index contributed by atoms with van der Waals surface area (Å²) < 4.78 is 5.61. The number of methoxy groups -OCH3 is 1. The molecule has 0 spiro atoms. The van der Waals surface area contributed by atoms with Crippen molar-refractivity contribution < 1.29 is 9.53 Å².